The van der Waals surface area contributed by atoms with Crippen molar-refractivity contribution in [2.75, 3.05) is 44.7 Å². The number of morpholine rings is 1. The highest BCUT2D eigenvalue weighted by Crippen LogP contribution is 2.28. The Hall–Kier alpha value is -1.75. The fraction of sp³-hybridized carbons (Fsp3) is 0.625. The highest BCUT2D eigenvalue weighted by molar-refractivity contribution is 7.89. The number of nitro benzene ring substituents is 1. The predicted octanol–water partition coefficient (Wildman–Crippen LogP) is 1.42. The number of nitrogens with one attached hydrogen (secondary N) is 2. The third-order valence-corrected chi connectivity index (χ3v) is 5.52. The zero-order chi connectivity index (χ0) is 19.4. The van der Waals surface area contributed by atoms with Gasteiger partial charge >= 0.3 is 0 Å². The Morgan fingerprint density at radius 1 is 1.27 bits per heavy atom. The summed E-state index contributed by atoms with van der Waals surface area (Å²) in [4.78, 5) is 12.9. The molecule has 1 aromatic carbocycles. The third kappa shape index (κ3) is 5.90. The summed E-state index contributed by atoms with van der Waals surface area (Å²) in [5.41, 5.74) is -0.635. The zero-order valence-corrected chi connectivity index (χ0v) is 16.1. The van der Waals surface area contributed by atoms with Gasteiger partial charge in [0.2, 0.25) is 10.0 Å². The summed E-state index contributed by atoms with van der Waals surface area (Å²) in [5, 5.41) is 14.4. The van der Waals surface area contributed by atoms with Gasteiger partial charge in [-0.15, -0.1) is 0 Å². The number of sulfonamides is 1. The van der Waals surface area contributed by atoms with E-state index in [1.165, 1.54) is 12.1 Å². The van der Waals surface area contributed by atoms with Gasteiger partial charge in [-0.1, -0.05) is 0 Å². The van der Waals surface area contributed by atoms with Gasteiger partial charge in [-0.25, -0.2) is 13.1 Å². The van der Waals surface area contributed by atoms with Crippen molar-refractivity contribution in [2.24, 2.45) is 0 Å². The first kappa shape index (κ1) is 20.6. The van der Waals surface area contributed by atoms with E-state index in [0.29, 0.717) is 25.4 Å². The van der Waals surface area contributed by atoms with Crippen LogP contribution in [0.1, 0.15) is 20.8 Å². The molecule has 1 aromatic rings. The molecule has 26 heavy (non-hydrogen) atoms. The topological polar surface area (TPSA) is 114 Å². The first-order valence-electron chi connectivity index (χ1n) is 8.45. The van der Waals surface area contributed by atoms with Gasteiger partial charge in [-0.3, -0.25) is 15.0 Å². The molecule has 10 heteroatoms. The second-order valence-corrected chi connectivity index (χ2v) is 8.85. The standard InChI is InChI=1S/C16H26N4O5S/c1-16(2,3)18-26(23,24)13-4-5-14(15(12-13)20(21)22)17-6-7-19-8-10-25-11-9-19/h4-5,12,17-18H,6-11H2,1-3H3. The fourth-order valence-electron chi connectivity index (χ4n) is 2.61. The van der Waals surface area contributed by atoms with Gasteiger partial charge in [0.05, 0.1) is 23.0 Å². The molecular formula is C16H26N4O5S. The molecule has 1 saturated heterocycles. The molecule has 1 heterocycles. The maximum atomic E-state index is 12.4. The average molecular weight is 386 g/mol. The molecule has 0 aromatic heterocycles. The number of anilines is 1. The Labute approximate surface area is 153 Å². The largest absolute Gasteiger partial charge is 0.379 e. The Morgan fingerprint density at radius 2 is 1.92 bits per heavy atom. The van der Waals surface area contributed by atoms with Crippen LogP contribution >= 0.6 is 0 Å². The summed E-state index contributed by atoms with van der Waals surface area (Å²) < 4.78 is 32.5. The number of hydrogen-bond acceptors (Lipinski definition) is 7. The van der Waals surface area contributed by atoms with E-state index in [4.69, 9.17) is 4.74 Å². The summed E-state index contributed by atoms with van der Waals surface area (Å²) in [7, 11) is -3.83. The SMILES string of the molecule is CC(C)(C)NS(=O)(=O)c1ccc(NCCN2CCOCC2)c([N+](=O)[O-])c1. The van der Waals surface area contributed by atoms with Crippen LogP contribution in [-0.4, -0.2) is 63.2 Å². The minimum absolute atomic E-state index is 0.127. The molecule has 9 nitrogen and oxygen atoms in total. The highest BCUT2D eigenvalue weighted by Gasteiger charge is 2.25. The molecule has 2 rings (SSSR count). The quantitative estimate of drug-likeness (QED) is 0.538. The van der Waals surface area contributed by atoms with E-state index in [2.05, 4.69) is 14.9 Å². The van der Waals surface area contributed by atoms with Crippen LogP contribution in [0.3, 0.4) is 0 Å². The lowest BCUT2D eigenvalue weighted by Gasteiger charge is -2.26. The molecule has 0 atom stereocenters. The predicted molar refractivity (Wildman–Crippen MR) is 98.9 cm³/mol. The van der Waals surface area contributed by atoms with Crippen molar-refractivity contribution >= 4 is 21.4 Å². The summed E-state index contributed by atoms with van der Waals surface area (Å²) in [6, 6.07) is 3.90. The number of nitro groups is 1. The molecule has 0 bridgehead atoms. The van der Waals surface area contributed by atoms with Crippen LogP contribution in [0.15, 0.2) is 23.1 Å². The van der Waals surface area contributed by atoms with E-state index in [9.17, 15) is 18.5 Å². The Kier molecular flexibility index (Phi) is 6.56. The van der Waals surface area contributed by atoms with Gasteiger partial charge in [0.25, 0.3) is 5.69 Å². The van der Waals surface area contributed by atoms with Gasteiger partial charge in [0.15, 0.2) is 0 Å². The fourth-order valence-corrected chi connectivity index (χ4v) is 4.05. The molecule has 1 aliphatic heterocycles. The zero-order valence-electron chi connectivity index (χ0n) is 15.3. The lowest BCUT2D eigenvalue weighted by atomic mass is 10.1. The van der Waals surface area contributed by atoms with Crippen molar-refractivity contribution in [3.8, 4) is 0 Å². The van der Waals surface area contributed by atoms with Crippen molar-refractivity contribution in [2.45, 2.75) is 31.2 Å². The van der Waals surface area contributed by atoms with Crippen molar-refractivity contribution in [3.05, 3.63) is 28.3 Å². The molecule has 1 aliphatic rings. The first-order valence-corrected chi connectivity index (χ1v) is 9.93. The number of ether oxygens (including phenoxy) is 1. The summed E-state index contributed by atoms with van der Waals surface area (Å²) in [6.45, 7) is 9.42. The van der Waals surface area contributed by atoms with E-state index in [0.717, 1.165) is 25.7 Å². The van der Waals surface area contributed by atoms with Crippen LogP contribution in [-0.2, 0) is 14.8 Å². The maximum absolute atomic E-state index is 12.4. The highest BCUT2D eigenvalue weighted by atomic mass is 32.2. The smallest absolute Gasteiger partial charge is 0.293 e. The third-order valence-electron chi connectivity index (χ3n) is 3.76. The Balaban J connectivity index is 2.11. The van der Waals surface area contributed by atoms with Crippen molar-refractivity contribution in [1.29, 1.82) is 0 Å². The molecule has 2 N–H and O–H groups in total. The van der Waals surface area contributed by atoms with E-state index in [1.807, 2.05) is 0 Å². The molecule has 0 radical (unpaired) electrons. The van der Waals surface area contributed by atoms with Gasteiger partial charge in [-0.05, 0) is 32.9 Å². The minimum Gasteiger partial charge on any atom is -0.379 e. The monoisotopic (exact) mass is 386 g/mol. The van der Waals surface area contributed by atoms with Gasteiger partial charge in [0, 0.05) is 37.8 Å². The van der Waals surface area contributed by atoms with Crippen LogP contribution < -0.4 is 10.0 Å². The summed E-state index contributed by atoms with van der Waals surface area (Å²) in [5.74, 6) is 0. The maximum Gasteiger partial charge on any atom is 0.293 e. The second-order valence-electron chi connectivity index (χ2n) is 7.17. The molecule has 0 aliphatic carbocycles. The molecule has 0 unspecified atom stereocenters. The van der Waals surface area contributed by atoms with E-state index in [-0.39, 0.29) is 10.6 Å². The number of hydrogen-bond donors (Lipinski definition) is 2. The van der Waals surface area contributed by atoms with Crippen LogP contribution in [0.2, 0.25) is 0 Å². The van der Waals surface area contributed by atoms with Gasteiger partial charge in [-0.2, -0.15) is 0 Å². The Bertz CT molecular complexity index is 739. The Morgan fingerprint density at radius 3 is 2.50 bits per heavy atom. The summed E-state index contributed by atoms with van der Waals surface area (Å²) >= 11 is 0. The lowest BCUT2D eigenvalue weighted by Crippen LogP contribution is -2.40. The van der Waals surface area contributed by atoms with Crippen LogP contribution in [0.4, 0.5) is 11.4 Å². The first-order chi connectivity index (χ1) is 12.1. The van der Waals surface area contributed by atoms with Crippen molar-refractivity contribution < 1.29 is 18.1 Å². The molecular weight excluding hydrogens is 360 g/mol. The van der Waals surface area contributed by atoms with Gasteiger partial charge < -0.3 is 10.1 Å². The second kappa shape index (κ2) is 8.30. The molecule has 0 spiro atoms. The molecule has 0 saturated carbocycles. The summed E-state index contributed by atoms with van der Waals surface area (Å²) in [6.07, 6.45) is 0. The van der Waals surface area contributed by atoms with Crippen LogP contribution in [0.5, 0.6) is 0 Å². The number of benzene rings is 1. The molecule has 146 valence electrons. The van der Waals surface area contributed by atoms with Crippen LogP contribution in [0, 0.1) is 10.1 Å². The minimum atomic E-state index is -3.83. The average Bonchev–Trinajstić information content (AvgIpc) is 2.53. The molecule has 0 amide bonds. The van der Waals surface area contributed by atoms with Crippen molar-refractivity contribution in [3.63, 3.8) is 0 Å². The van der Waals surface area contributed by atoms with Gasteiger partial charge in [0.1, 0.15) is 5.69 Å². The van der Waals surface area contributed by atoms with Crippen molar-refractivity contribution in [1.82, 2.24) is 9.62 Å². The van der Waals surface area contributed by atoms with Crippen LogP contribution in [0.25, 0.3) is 0 Å². The van der Waals surface area contributed by atoms with E-state index < -0.39 is 20.5 Å². The number of nitrogens with zero attached hydrogens (tertiary/aromatic N) is 2. The van der Waals surface area contributed by atoms with E-state index >= 15 is 0 Å². The number of rotatable bonds is 7. The lowest BCUT2D eigenvalue weighted by molar-refractivity contribution is -0.384. The normalized spacial score (nSPS) is 16.4. The van der Waals surface area contributed by atoms with E-state index in [1.54, 1.807) is 20.8 Å². The molecule has 1 fully saturated rings.